The summed E-state index contributed by atoms with van der Waals surface area (Å²) in [6.07, 6.45) is 9.44. The summed E-state index contributed by atoms with van der Waals surface area (Å²) in [6, 6.07) is 3.81. The first kappa shape index (κ1) is 14.2. The summed E-state index contributed by atoms with van der Waals surface area (Å²) in [5.74, 6) is 2.19. The molecule has 2 aromatic rings. The van der Waals surface area contributed by atoms with Gasteiger partial charge in [0, 0.05) is 12.0 Å². The van der Waals surface area contributed by atoms with Crippen LogP contribution in [0, 0.1) is 0 Å². The lowest BCUT2D eigenvalue weighted by atomic mass is 10.2. The highest BCUT2D eigenvalue weighted by Gasteiger charge is 2.37. The average Bonchev–Trinajstić information content (AvgIpc) is 3.48. The topological polar surface area (TPSA) is 71.3 Å². The number of urea groups is 1. The third-order valence-corrected chi connectivity index (χ3v) is 4.41. The number of rotatable bonds is 5. The standard InChI is InChI=1S/C17H20N4O2/c1-11(15-3-2-8-23-15)21(14-6-7-14)17(22)20-13-9-18-16(19-10-13)12-4-5-12/h2-3,8-12,14H,4-7H2,1H3,(H,20,22). The molecule has 1 N–H and O–H groups in total. The molecular formula is C17H20N4O2. The number of aromatic nitrogens is 2. The largest absolute Gasteiger partial charge is 0.467 e. The third kappa shape index (κ3) is 3.06. The molecular weight excluding hydrogens is 292 g/mol. The second kappa shape index (κ2) is 5.68. The Balaban J connectivity index is 1.46. The minimum absolute atomic E-state index is 0.0934. The highest BCUT2D eigenvalue weighted by Crippen LogP contribution is 2.38. The van der Waals surface area contributed by atoms with Crippen LogP contribution in [0.2, 0.25) is 0 Å². The van der Waals surface area contributed by atoms with E-state index >= 15 is 0 Å². The number of carbonyl (C=O) groups is 1. The fourth-order valence-electron chi connectivity index (χ4n) is 2.82. The molecule has 2 aliphatic carbocycles. The molecule has 0 aromatic carbocycles. The molecule has 0 bridgehead atoms. The van der Waals surface area contributed by atoms with Crippen LogP contribution in [0.3, 0.4) is 0 Å². The zero-order chi connectivity index (χ0) is 15.8. The van der Waals surface area contributed by atoms with Crippen molar-refractivity contribution < 1.29 is 9.21 Å². The van der Waals surface area contributed by atoms with E-state index in [1.807, 2.05) is 24.0 Å². The van der Waals surface area contributed by atoms with Crippen molar-refractivity contribution in [2.75, 3.05) is 5.32 Å². The zero-order valence-corrected chi connectivity index (χ0v) is 13.1. The summed E-state index contributed by atoms with van der Waals surface area (Å²) in [7, 11) is 0. The first-order chi connectivity index (χ1) is 11.2. The maximum absolute atomic E-state index is 12.7. The average molecular weight is 312 g/mol. The van der Waals surface area contributed by atoms with E-state index in [1.54, 1.807) is 18.7 Å². The van der Waals surface area contributed by atoms with E-state index in [-0.39, 0.29) is 18.1 Å². The van der Waals surface area contributed by atoms with Gasteiger partial charge in [-0.05, 0) is 44.7 Å². The minimum Gasteiger partial charge on any atom is -0.467 e. The molecule has 6 heteroatoms. The van der Waals surface area contributed by atoms with Gasteiger partial charge in [0.05, 0.1) is 30.4 Å². The predicted octanol–water partition coefficient (Wildman–Crippen LogP) is 3.70. The molecule has 2 aromatic heterocycles. The number of nitrogens with one attached hydrogen (secondary N) is 1. The summed E-state index contributed by atoms with van der Waals surface area (Å²) >= 11 is 0. The molecule has 0 radical (unpaired) electrons. The van der Waals surface area contributed by atoms with Crippen molar-refractivity contribution in [3.05, 3.63) is 42.4 Å². The molecule has 6 nitrogen and oxygen atoms in total. The van der Waals surface area contributed by atoms with Crippen LogP contribution in [0.1, 0.15) is 56.2 Å². The van der Waals surface area contributed by atoms with Crippen molar-refractivity contribution >= 4 is 11.7 Å². The monoisotopic (exact) mass is 312 g/mol. The number of amides is 2. The zero-order valence-electron chi connectivity index (χ0n) is 13.1. The normalized spacial score (nSPS) is 18.5. The Hall–Kier alpha value is -2.37. The van der Waals surface area contributed by atoms with Gasteiger partial charge in [-0.2, -0.15) is 0 Å². The van der Waals surface area contributed by atoms with Gasteiger partial charge in [0.1, 0.15) is 11.6 Å². The Bertz CT molecular complexity index is 675. The summed E-state index contributed by atoms with van der Waals surface area (Å²) in [5, 5.41) is 2.91. The van der Waals surface area contributed by atoms with Gasteiger partial charge in [0.2, 0.25) is 0 Å². The van der Waals surface area contributed by atoms with Gasteiger partial charge in [0.15, 0.2) is 0 Å². The van der Waals surface area contributed by atoms with Crippen LogP contribution in [-0.2, 0) is 0 Å². The Kier molecular flexibility index (Phi) is 3.52. The van der Waals surface area contributed by atoms with E-state index in [0.29, 0.717) is 11.6 Å². The van der Waals surface area contributed by atoms with Crippen molar-refractivity contribution in [2.24, 2.45) is 0 Å². The first-order valence-electron chi connectivity index (χ1n) is 8.17. The molecule has 1 atom stereocenters. The van der Waals surface area contributed by atoms with Crippen LogP contribution in [0.4, 0.5) is 10.5 Å². The van der Waals surface area contributed by atoms with Gasteiger partial charge in [0.25, 0.3) is 0 Å². The van der Waals surface area contributed by atoms with Crippen LogP contribution < -0.4 is 5.32 Å². The van der Waals surface area contributed by atoms with Crippen molar-refractivity contribution in [3.8, 4) is 0 Å². The molecule has 2 fully saturated rings. The second-order valence-corrected chi connectivity index (χ2v) is 6.36. The lowest BCUT2D eigenvalue weighted by Crippen LogP contribution is -2.38. The lowest BCUT2D eigenvalue weighted by molar-refractivity contribution is 0.179. The molecule has 0 saturated heterocycles. The summed E-state index contributed by atoms with van der Waals surface area (Å²) in [5.41, 5.74) is 0.636. The number of nitrogens with zero attached hydrogens (tertiary/aromatic N) is 3. The first-order valence-corrected chi connectivity index (χ1v) is 8.17. The maximum atomic E-state index is 12.7. The van der Waals surface area contributed by atoms with E-state index < -0.39 is 0 Å². The summed E-state index contributed by atoms with van der Waals surface area (Å²) in [6.45, 7) is 1.99. The molecule has 1 unspecified atom stereocenters. The van der Waals surface area contributed by atoms with Gasteiger partial charge in [-0.1, -0.05) is 0 Å². The van der Waals surface area contributed by atoms with Crippen LogP contribution in [0.15, 0.2) is 35.2 Å². The van der Waals surface area contributed by atoms with E-state index in [1.165, 1.54) is 12.8 Å². The lowest BCUT2D eigenvalue weighted by Gasteiger charge is -2.28. The van der Waals surface area contributed by atoms with E-state index in [9.17, 15) is 4.79 Å². The van der Waals surface area contributed by atoms with Crippen molar-refractivity contribution in [1.29, 1.82) is 0 Å². The third-order valence-electron chi connectivity index (χ3n) is 4.41. The molecule has 2 heterocycles. The summed E-state index contributed by atoms with van der Waals surface area (Å²) in [4.78, 5) is 23.2. The smallest absolute Gasteiger partial charge is 0.322 e. The van der Waals surface area contributed by atoms with Crippen molar-refractivity contribution in [2.45, 2.75) is 50.6 Å². The van der Waals surface area contributed by atoms with Crippen molar-refractivity contribution in [3.63, 3.8) is 0 Å². The molecule has 2 aliphatic rings. The molecule has 0 spiro atoms. The second-order valence-electron chi connectivity index (χ2n) is 6.36. The quantitative estimate of drug-likeness (QED) is 0.913. The van der Waals surface area contributed by atoms with Crippen LogP contribution in [0.5, 0.6) is 0 Å². The number of carbonyl (C=O) groups excluding carboxylic acids is 1. The highest BCUT2D eigenvalue weighted by atomic mass is 16.3. The minimum atomic E-state index is -0.126. The maximum Gasteiger partial charge on any atom is 0.322 e. The summed E-state index contributed by atoms with van der Waals surface area (Å²) < 4.78 is 5.46. The molecule has 4 rings (SSSR count). The van der Waals surface area contributed by atoms with E-state index in [2.05, 4.69) is 15.3 Å². The van der Waals surface area contributed by atoms with Crippen LogP contribution in [-0.4, -0.2) is 26.9 Å². The Morgan fingerprint density at radius 3 is 2.61 bits per heavy atom. The molecule has 2 amide bonds. The highest BCUT2D eigenvalue weighted by molar-refractivity contribution is 5.89. The number of furan rings is 1. The number of hydrogen-bond acceptors (Lipinski definition) is 4. The van der Waals surface area contributed by atoms with Crippen LogP contribution >= 0.6 is 0 Å². The van der Waals surface area contributed by atoms with Gasteiger partial charge in [-0.15, -0.1) is 0 Å². The fourth-order valence-corrected chi connectivity index (χ4v) is 2.82. The Morgan fingerprint density at radius 2 is 2.04 bits per heavy atom. The van der Waals surface area contributed by atoms with Crippen LogP contribution in [0.25, 0.3) is 0 Å². The molecule has 120 valence electrons. The van der Waals surface area contributed by atoms with Gasteiger partial charge < -0.3 is 14.6 Å². The number of hydrogen-bond donors (Lipinski definition) is 1. The number of anilines is 1. The Morgan fingerprint density at radius 1 is 1.30 bits per heavy atom. The molecule has 0 aliphatic heterocycles. The predicted molar refractivity (Wildman–Crippen MR) is 85.0 cm³/mol. The van der Waals surface area contributed by atoms with E-state index in [4.69, 9.17) is 4.42 Å². The van der Waals surface area contributed by atoms with Crippen molar-refractivity contribution in [1.82, 2.24) is 14.9 Å². The molecule has 23 heavy (non-hydrogen) atoms. The van der Waals surface area contributed by atoms with Gasteiger partial charge in [-0.25, -0.2) is 14.8 Å². The van der Waals surface area contributed by atoms with Gasteiger partial charge in [-0.3, -0.25) is 0 Å². The SMILES string of the molecule is CC(c1ccco1)N(C(=O)Nc1cnc(C2CC2)nc1)C1CC1. The van der Waals surface area contributed by atoms with E-state index in [0.717, 1.165) is 24.4 Å². The molecule has 2 saturated carbocycles. The Labute approximate surface area is 134 Å². The fraction of sp³-hybridized carbons (Fsp3) is 0.471. The van der Waals surface area contributed by atoms with Gasteiger partial charge >= 0.3 is 6.03 Å².